The molecule has 0 aliphatic carbocycles. The van der Waals surface area contributed by atoms with Crippen LogP contribution in [0.3, 0.4) is 0 Å². The van der Waals surface area contributed by atoms with Gasteiger partial charge in [-0.25, -0.2) is 5.43 Å². The van der Waals surface area contributed by atoms with Crippen LogP contribution in [0.1, 0.15) is 28.5 Å². The van der Waals surface area contributed by atoms with E-state index in [0.717, 1.165) is 16.7 Å². The number of nitrogens with one attached hydrogen (secondary N) is 1. The largest absolute Gasteiger partial charge is 0.457 e. The lowest BCUT2D eigenvalue weighted by Gasteiger charge is -2.17. The molecule has 3 rings (SSSR count). The molecule has 21 heavy (non-hydrogen) atoms. The van der Waals surface area contributed by atoms with Gasteiger partial charge >= 0.3 is 0 Å². The van der Waals surface area contributed by atoms with Gasteiger partial charge in [0.05, 0.1) is 5.02 Å². The molecule has 0 bridgehead atoms. The van der Waals surface area contributed by atoms with Crippen LogP contribution in [0.2, 0.25) is 5.02 Å². The van der Waals surface area contributed by atoms with Gasteiger partial charge < -0.3 is 4.42 Å². The molecule has 1 heterocycles. The number of halogens is 1. The highest BCUT2D eigenvalue weighted by atomic mass is 35.5. The molecule has 1 unspecified atom stereocenters. The van der Waals surface area contributed by atoms with Gasteiger partial charge in [-0.3, -0.25) is 5.84 Å². The normalized spacial score (nSPS) is 12.8. The molecule has 0 saturated heterocycles. The van der Waals surface area contributed by atoms with Gasteiger partial charge in [-0.15, -0.1) is 0 Å². The molecule has 108 valence electrons. The minimum Gasteiger partial charge on any atom is -0.457 e. The van der Waals surface area contributed by atoms with Gasteiger partial charge in [-0.1, -0.05) is 41.9 Å². The van der Waals surface area contributed by atoms with Crippen LogP contribution in [0.4, 0.5) is 0 Å². The van der Waals surface area contributed by atoms with Gasteiger partial charge in [0.1, 0.15) is 11.8 Å². The summed E-state index contributed by atoms with van der Waals surface area (Å²) in [6.07, 6.45) is 0. The third-order valence-electron chi connectivity index (χ3n) is 3.92. The first-order valence-corrected chi connectivity index (χ1v) is 7.20. The van der Waals surface area contributed by atoms with Crippen molar-refractivity contribution in [2.45, 2.75) is 19.9 Å². The van der Waals surface area contributed by atoms with Crippen LogP contribution in [0.25, 0.3) is 11.0 Å². The second-order valence-corrected chi connectivity index (χ2v) is 5.60. The molecule has 0 aliphatic rings. The first kappa shape index (κ1) is 14.1. The summed E-state index contributed by atoms with van der Waals surface area (Å²) in [6.45, 7) is 4.17. The summed E-state index contributed by atoms with van der Waals surface area (Å²) in [4.78, 5) is 0. The van der Waals surface area contributed by atoms with Crippen molar-refractivity contribution >= 4 is 22.6 Å². The Kier molecular flexibility index (Phi) is 3.72. The molecule has 2 aromatic carbocycles. The van der Waals surface area contributed by atoms with Crippen LogP contribution in [-0.4, -0.2) is 0 Å². The number of fused-ring (bicyclic) bond motifs is 1. The molecule has 0 saturated carbocycles. The van der Waals surface area contributed by atoms with Crippen molar-refractivity contribution in [1.82, 2.24) is 5.43 Å². The van der Waals surface area contributed by atoms with Crippen molar-refractivity contribution in [3.05, 3.63) is 69.9 Å². The average Bonchev–Trinajstić information content (AvgIpc) is 2.89. The Morgan fingerprint density at radius 2 is 1.90 bits per heavy atom. The molecule has 4 heteroatoms. The lowest BCUT2D eigenvalue weighted by molar-refractivity contribution is 0.476. The van der Waals surface area contributed by atoms with Crippen LogP contribution in [0.5, 0.6) is 0 Å². The summed E-state index contributed by atoms with van der Waals surface area (Å²) in [5.74, 6) is 6.53. The lowest BCUT2D eigenvalue weighted by atomic mass is 9.96. The van der Waals surface area contributed by atoms with Gasteiger partial charge in [0.15, 0.2) is 5.58 Å². The minimum absolute atomic E-state index is 0.201. The van der Waals surface area contributed by atoms with Gasteiger partial charge in [0, 0.05) is 5.39 Å². The Balaban J connectivity index is 2.14. The highest BCUT2D eigenvalue weighted by molar-refractivity contribution is 6.34. The molecule has 3 aromatic rings. The van der Waals surface area contributed by atoms with E-state index in [1.165, 1.54) is 11.1 Å². The summed E-state index contributed by atoms with van der Waals surface area (Å²) in [6, 6.07) is 13.7. The van der Waals surface area contributed by atoms with Crippen LogP contribution < -0.4 is 11.3 Å². The van der Waals surface area contributed by atoms with E-state index in [2.05, 4.69) is 31.4 Å². The molecule has 0 aliphatic heterocycles. The number of benzene rings is 2. The third kappa shape index (κ3) is 2.44. The maximum absolute atomic E-state index is 6.18. The fraction of sp³-hybridized carbons (Fsp3) is 0.176. The Bertz CT molecular complexity index is 795. The number of furan rings is 1. The quantitative estimate of drug-likeness (QED) is 0.561. The maximum atomic E-state index is 6.18. The van der Waals surface area contributed by atoms with Crippen molar-refractivity contribution in [1.29, 1.82) is 0 Å². The zero-order valence-corrected chi connectivity index (χ0v) is 12.7. The Morgan fingerprint density at radius 3 is 2.62 bits per heavy atom. The molecular formula is C17H17ClN2O. The molecular weight excluding hydrogens is 284 g/mol. The summed E-state index contributed by atoms with van der Waals surface area (Å²) >= 11 is 6.18. The van der Waals surface area contributed by atoms with E-state index in [4.69, 9.17) is 21.9 Å². The first-order valence-electron chi connectivity index (χ1n) is 6.82. The van der Waals surface area contributed by atoms with Crippen LogP contribution in [0, 0.1) is 13.8 Å². The zero-order valence-electron chi connectivity index (χ0n) is 12.0. The SMILES string of the molecule is Cc1cccc(C(NN)c2cc3cccc(Cl)c3o2)c1C. The highest BCUT2D eigenvalue weighted by Crippen LogP contribution is 2.33. The Morgan fingerprint density at radius 1 is 1.14 bits per heavy atom. The van der Waals surface area contributed by atoms with E-state index in [9.17, 15) is 0 Å². The summed E-state index contributed by atoms with van der Waals surface area (Å²) in [5.41, 5.74) is 7.07. The van der Waals surface area contributed by atoms with Crippen molar-refractivity contribution in [3.8, 4) is 0 Å². The monoisotopic (exact) mass is 300 g/mol. The number of nitrogens with two attached hydrogens (primary N) is 1. The molecule has 1 aromatic heterocycles. The Hall–Kier alpha value is -1.81. The predicted octanol–water partition coefficient (Wildman–Crippen LogP) is 4.26. The van der Waals surface area contributed by atoms with Crippen LogP contribution in [0.15, 0.2) is 46.9 Å². The number of hydrogen-bond acceptors (Lipinski definition) is 3. The second-order valence-electron chi connectivity index (χ2n) is 5.20. The van der Waals surface area contributed by atoms with E-state index >= 15 is 0 Å². The number of rotatable bonds is 3. The highest BCUT2D eigenvalue weighted by Gasteiger charge is 2.20. The maximum Gasteiger partial charge on any atom is 0.152 e. The van der Waals surface area contributed by atoms with Gasteiger partial charge in [-0.2, -0.15) is 0 Å². The molecule has 3 N–H and O–H groups in total. The standard InChI is InChI=1S/C17H17ClN2O/c1-10-5-3-7-13(11(10)2)16(20-19)15-9-12-6-4-8-14(18)17(12)21-15/h3-9,16,20H,19H2,1-2H3. The van der Waals surface area contributed by atoms with Crippen molar-refractivity contribution < 1.29 is 4.42 Å². The second kappa shape index (κ2) is 5.53. The zero-order chi connectivity index (χ0) is 15.0. The van der Waals surface area contributed by atoms with Gasteiger partial charge in [0.2, 0.25) is 0 Å². The fourth-order valence-corrected chi connectivity index (χ4v) is 2.82. The van der Waals surface area contributed by atoms with Crippen LogP contribution >= 0.6 is 11.6 Å². The van der Waals surface area contributed by atoms with E-state index in [1.54, 1.807) is 0 Å². The van der Waals surface area contributed by atoms with E-state index in [-0.39, 0.29) is 6.04 Å². The fourth-order valence-electron chi connectivity index (χ4n) is 2.60. The molecule has 0 radical (unpaired) electrons. The number of aryl methyl sites for hydroxylation is 1. The van der Waals surface area contributed by atoms with E-state index in [0.29, 0.717) is 10.6 Å². The summed E-state index contributed by atoms with van der Waals surface area (Å²) in [5, 5.41) is 1.58. The topological polar surface area (TPSA) is 51.2 Å². The molecule has 3 nitrogen and oxygen atoms in total. The first-order chi connectivity index (χ1) is 10.1. The third-order valence-corrected chi connectivity index (χ3v) is 4.22. The smallest absolute Gasteiger partial charge is 0.152 e. The number of hydrazine groups is 1. The average molecular weight is 301 g/mol. The number of hydrogen-bond donors (Lipinski definition) is 2. The van der Waals surface area contributed by atoms with E-state index < -0.39 is 0 Å². The van der Waals surface area contributed by atoms with Crippen molar-refractivity contribution in [3.63, 3.8) is 0 Å². The van der Waals surface area contributed by atoms with Crippen molar-refractivity contribution in [2.24, 2.45) is 5.84 Å². The predicted molar refractivity (Wildman–Crippen MR) is 86.3 cm³/mol. The molecule has 0 amide bonds. The number of para-hydroxylation sites is 1. The van der Waals surface area contributed by atoms with Crippen molar-refractivity contribution in [2.75, 3.05) is 0 Å². The molecule has 0 fully saturated rings. The summed E-state index contributed by atoms with van der Waals surface area (Å²) in [7, 11) is 0. The summed E-state index contributed by atoms with van der Waals surface area (Å²) < 4.78 is 5.93. The van der Waals surface area contributed by atoms with Crippen LogP contribution in [-0.2, 0) is 0 Å². The Labute approximate surface area is 128 Å². The minimum atomic E-state index is -0.201. The van der Waals surface area contributed by atoms with E-state index in [1.807, 2.05) is 30.3 Å². The molecule has 0 spiro atoms. The van der Waals surface area contributed by atoms with Gasteiger partial charge in [0.25, 0.3) is 0 Å². The molecule has 1 atom stereocenters. The lowest BCUT2D eigenvalue weighted by Crippen LogP contribution is -2.29. The van der Waals surface area contributed by atoms with Gasteiger partial charge in [-0.05, 0) is 42.7 Å².